The molecule has 3 rings (SSSR count). The smallest absolute Gasteiger partial charge is 0.268 e. The zero-order chi connectivity index (χ0) is 21.7. The van der Waals surface area contributed by atoms with Crippen LogP contribution in [0.1, 0.15) is 13.8 Å². The van der Waals surface area contributed by atoms with Crippen LogP contribution >= 0.6 is 0 Å². The lowest BCUT2D eigenvalue weighted by atomic mass is 10.2. The maximum Gasteiger partial charge on any atom is 0.268 e. The number of carbonyl (C=O) groups excluding carboxylic acids is 3. The summed E-state index contributed by atoms with van der Waals surface area (Å²) >= 11 is 0. The number of hydrogen-bond acceptors (Lipinski definition) is 5. The zero-order valence-electron chi connectivity index (χ0n) is 17.3. The van der Waals surface area contributed by atoms with Crippen molar-refractivity contribution in [2.45, 2.75) is 20.0 Å². The van der Waals surface area contributed by atoms with Crippen molar-refractivity contribution in [2.24, 2.45) is 0 Å². The minimum Gasteiger partial charge on any atom is -0.495 e. The molecule has 8 nitrogen and oxygen atoms in total. The van der Waals surface area contributed by atoms with Crippen LogP contribution in [0.25, 0.3) is 0 Å². The van der Waals surface area contributed by atoms with E-state index in [1.165, 1.54) is 16.9 Å². The van der Waals surface area contributed by atoms with E-state index in [1.807, 2.05) is 6.07 Å². The summed E-state index contributed by atoms with van der Waals surface area (Å²) in [7, 11) is 1.52. The van der Waals surface area contributed by atoms with E-state index < -0.39 is 6.10 Å². The topological polar surface area (TPSA) is 88.2 Å². The van der Waals surface area contributed by atoms with Gasteiger partial charge in [-0.15, -0.1) is 0 Å². The highest BCUT2D eigenvalue weighted by molar-refractivity contribution is 6.04. The van der Waals surface area contributed by atoms with Crippen molar-refractivity contribution in [3.8, 4) is 11.5 Å². The Labute approximate surface area is 175 Å². The maximum absolute atomic E-state index is 12.9. The Morgan fingerprint density at radius 3 is 2.60 bits per heavy atom. The van der Waals surface area contributed by atoms with Crippen LogP contribution in [0.5, 0.6) is 11.5 Å². The number of ether oxygens (including phenoxy) is 2. The number of carbonyl (C=O) groups is 3. The number of nitrogens with one attached hydrogen (secondary N) is 1. The molecule has 0 aromatic heterocycles. The van der Waals surface area contributed by atoms with E-state index in [9.17, 15) is 14.4 Å². The third-order valence-electron chi connectivity index (χ3n) is 4.82. The third-order valence-corrected chi connectivity index (χ3v) is 4.82. The minimum atomic E-state index is -0.684. The molecule has 1 heterocycles. The number of benzene rings is 2. The molecule has 0 spiro atoms. The molecule has 2 aromatic carbocycles. The molecule has 1 N–H and O–H groups in total. The van der Waals surface area contributed by atoms with Gasteiger partial charge in [0, 0.05) is 6.54 Å². The standard InChI is InChI=1S/C22H25N3O5/c1-4-24(13-20(26)23-16-9-5-7-11-18(16)29-3)21(27)14-25-17-10-6-8-12-19(17)30-15(2)22(25)28/h5-12,15H,4,13-14H2,1-3H3,(H,23,26)/t15-/m0/s1. The van der Waals surface area contributed by atoms with Crippen LogP contribution in [0.15, 0.2) is 48.5 Å². The van der Waals surface area contributed by atoms with E-state index in [4.69, 9.17) is 9.47 Å². The summed E-state index contributed by atoms with van der Waals surface area (Å²) in [5.41, 5.74) is 1.07. The van der Waals surface area contributed by atoms with Crippen LogP contribution in [0.3, 0.4) is 0 Å². The second kappa shape index (κ2) is 9.30. The normalized spacial score (nSPS) is 15.1. The van der Waals surface area contributed by atoms with Crippen LogP contribution in [-0.4, -0.2) is 55.5 Å². The van der Waals surface area contributed by atoms with Crippen LogP contribution in [0, 0.1) is 0 Å². The fourth-order valence-electron chi connectivity index (χ4n) is 3.24. The van der Waals surface area contributed by atoms with Crippen molar-refractivity contribution in [3.63, 3.8) is 0 Å². The van der Waals surface area contributed by atoms with Crippen LogP contribution in [0.4, 0.5) is 11.4 Å². The molecular weight excluding hydrogens is 386 g/mol. The summed E-state index contributed by atoms with van der Waals surface area (Å²) < 4.78 is 10.8. The van der Waals surface area contributed by atoms with E-state index in [0.29, 0.717) is 29.4 Å². The molecule has 0 radical (unpaired) electrons. The minimum absolute atomic E-state index is 0.136. The Hall–Kier alpha value is -3.55. The second-order valence-electron chi connectivity index (χ2n) is 6.81. The van der Waals surface area contributed by atoms with E-state index in [2.05, 4.69) is 5.32 Å². The van der Waals surface area contributed by atoms with Gasteiger partial charge < -0.3 is 19.7 Å². The maximum atomic E-state index is 12.9. The summed E-state index contributed by atoms with van der Waals surface area (Å²) in [5, 5.41) is 2.76. The van der Waals surface area contributed by atoms with E-state index in [1.54, 1.807) is 56.3 Å². The molecular formula is C22H25N3O5. The van der Waals surface area contributed by atoms with Gasteiger partial charge in [0.15, 0.2) is 6.10 Å². The first-order valence-corrected chi connectivity index (χ1v) is 9.72. The predicted octanol–water partition coefficient (Wildman–Crippen LogP) is 2.30. The predicted molar refractivity (Wildman–Crippen MR) is 113 cm³/mol. The Bertz CT molecular complexity index is 946. The Morgan fingerprint density at radius 2 is 1.87 bits per heavy atom. The molecule has 158 valence electrons. The van der Waals surface area contributed by atoms with Gasteiger partial charge >= 0.3 is 0 Å². The highest BCUT2D eigenvalue weighted by Crippen LogP contribution is 2.33. The second-order valence-corrected chi connectivity index (χ2v) is 6.81. The first kappa shape index (κ1) is 21.2. The van der Waals surface area contributed by atoms with Gasteiger partial charge in [0.1, 0.15) is 18.0 Å². The lowest BCUT2D eigenvalue weighted by molar-refractivity contribution is -0.135. The van der Waals surface area contributed by atoms with Crippen molar-refractivity contribution in [3.05, 3.63) is 48.5 Å². The fourth-order valence-corrected chi connectivity index (χ4v) is 3.24. The highest BCUT2D eigenvalue weighted by atomic mass is 16.5. The summed E-state index contributed by atoms with van der Waals surface area (Å²) in [6.45, 7) is 3.45. The van der Waals surface area contributed by atoms with Gasteiger partial charge in [0.05, 0.1) is 25.0 Å². The average molecular weight is 411 g/mol. The van der Waals surface area contributed by atoms with Gasteiger partial charge in [-0.2, -0.15) is 0 Å². The molecule has 1 aliphatic heterocycles. The lowest BCUT2D eigenvalue weighted by Crippen LogP contribution is -2.50. The van der Waals surface area contributed by atoms with Gasteiger partial charge in [0.25, 0.3) is 5.91 Å². The van der Waals surface area contributed by atoms with E-state index in [-0.39, 0.29) is 30.8 Å². The van der Waals surface area contributed by atoms with Gasteiger partial charge in [-0.1, -0.05) is 24.3 Å². The van der Waals surface area contributed by atoms with Gasteiger partial charge in [-0.3, -0.25) is 19.3 Å². The van der Waals surface area contributed by atoms with Crippen molar-refractivity contribution in [1.82, 2.24) is 4.90 Å². The molecule has 2 aromatic rings. The number of hydrogen-bond donors (Lipinski definition) is 1. The van der Waals surface area contributed by atoms with E-state index in [0.717, 1.165) is 0 Å². The number of anilines is 2. The number of nitrogens with zero attached hydrogens (tertiary/aromatic N) is 2. The molecule has 0 saturated carbocycles. The summed E-state index contributed by atoms with van der Waals surface area (Å²) in [5.74, 6) is 0.109. The Balaban J connectivity index is 1.69. The van der Waals surface area contributed by atoms with Crippen molar-refractivity contribution >= 4 is 29.1 Å². The summed E-state index contributed by atoms with van der Waals surface area (Å²) in [4.78, 5) is 40.8. The fraction of sp³-hybridized carbons (Fsp3) is 0.318. The number of fused-ring (bicyclic) bond motifs is 1. The molecule has 30 heavy (non-hydrogen) atoms. The van der Waals surface area contributed by atoms with Gasteiger partial charge in [0.2, 0.25) is 11.8 Å². The number of amides is 3. The number of likely N-dealkylation sites (N-methyl/N-ethyl adjacent to an activating group) is 1. The molecule has 0 aliphatic carbocycles. The number of rotatable bonds is 7. The van der Waals surface area contributed by atoms with Gasteiger partial charge in [-0.05, 0) is 38.1 Å². The summed E-state index contributed by atoms with van der Waals surface area (Å²) in [6.07, 6.45) is -0.684. The molecule has 0 unspecified atom stereocenters. The van der Waals surface area contributed by atoms with Crippen molar-refractivity contribution in [2.75, 3.05) is 37.0 Å². The third kappa shape index (κ3) is 4.53. The average Bonchev–Trinajstić information content (AvgIpc) is 2.75. The first-order chi connectivity index (χ1) is 14.4. The SMILES string of the molecule is CCN(CC(=O)Nc1ccccc1OC)C(=O)CN1C(=O)[C@H](C)Oc2ccccc21. The van der Waals surface area contributed by atoms with Gasteiger partial charge in [-0.25, -0.2) is 0 Å². The molecule has 0 bridgehead atoms. The Morgan fingerprint density at radius 1 is 1.17 bits per heavy atom. The monoisotopic (exact) mass is 411 g/mol. The van der Waals surface area contributed by atoms with Crippen molar-refractivity contribution < 1.29 is 23.9 Å². The largest absolute Gasteiger partial charge is 0.495 e. The number of para-hydroxylation sites is 4. The molecule has 3 amide bonds. The first-order valence-electron chi connectivity index (χ1n) is 9.72. The van der Waals surface area contributed by atoms with Crippen LogP contribution in [-0.2, 0) is 14.4 Å². The zero-order valence-corrected chi connectivity index (χ0v) is 17.3. The Kier molecular flexibility index (Phi) is 6.56. The molecule has 1 aliphatic rings. The van der Waals surface area contributed by atoms with Crippen molar-refractivity contribution in [1.29, 1.82) is 0 Å². The quantitative estimate of drug-likeness (QED) is 0.755. The van der Waals surface area contributed by atoms with E-state index >= 15 is 0 Å². The van der Waals surface area contributed by atoms with Crippen LogP contribution < -0.4 is 19.7 Å². The number of methoxy groups -OCH3 is 1. The molecule has 8 heteroatoms. The van der Waals surface area contributed by atoms with Crippen LogP contribution in [0.2, 0.25) is 0 Å². The summed E-state index contributed by atoms with van der Waals surface area (Å²) in [6, 6.07) is 14.1. The lowest BCUT2D eigenvalue weighted by Gasteiger charge is -2.33. The highest BCUT2D eigenvalue weighted by Gasteiger charge is 2.33. The molecule has 0 saturated heterocycles. The molecule has 1 atom stereocenters. The molecule has 0 fully saturated rings.